The molecular weight excluding hydrogens is 366 g/mol. The van der Waals surface area contributed by atoms with E-state index >= 15 is 0 Å². The first-order valence-electron chi connectivity index (χ1n) is 10.4. The topological polar surface area (TPSA) is 14.3 Å². The van der Waals surface area contributed by atoms with E-state index in [0.717, 1.165) is 33.5 Å². The third-order valence-electron chi connectivity index (χ3n) is 5.94. The number of allylic oxidation sites excluding steroid dienone is 2. The summed E-state index contributed by atoms with van der Waals surface area (Å²) in [5.41, 5.74) is 7.83. The molecule has 148 valence electrons. The zero-order valence-corrected chi connectivity index (χ0v) is 17.6. The lowest BCUT2D eigenvalue weighted by Crippen LogP contribution is -2.17. The second kappa shape index (κ2) is 7.07. The van der Waals surface area contributed by atoms with Crippen LogP contribution in [0.3, 0.4) is 0 Å². The summed E-state index contributed by atoms with van der Waals surface area (Å²) >= 11 is 0. The van der Waals surface area contributed by atoms with Crippen molar-refractivity contribution in [2.24, 2.45) is 5.92 Å². The number of furan rings is 1. The molecular formula is C28H25NO. The SMILES string of the molecule is C=[N+]1C=CC(C(C)C)=C[C-]1c1c(C)ccc2c1[o+][c-]1ccc(-c3ccccc3)cc21. The van der Waals surface area contributed by atoms with Crippen molar-refractivity contribution >= 4 is 28.7 Å². The van der Waals surface area contributed by atoms with Crippen molar-refractivity contribution in [2.45, 2.75) is 20.8 Å². The van der Waals surface area contributed by atoms with Crippen molar-refractivity contribution < 1.29 is 8.99 Å². The minimum absolute atomic E-state index is 0.452. The van der Waals surface area contributed by atoms with Gasteiger partial charge in [-0.25, -0.2) is 0 Å². The molecule has 2 heteroatoms. The molecule has 0 saturated heterocycles. The Morgan fingerprint density at radius 2 is 1.80 bits per heavy atom. The zero-order valence-electron chi connectivity index (χ0n) is 17.6. The van der Waals surface area contributed by atoms with E-state index in [2.05, 4.69) is 94.2 Å². The molecule has 1 aliphatic heterocycles. The maximum absolute atomic E-state index is 6.42. The molecule has 0 unspecified atom stereocenters. The minimum atomic E-state index is 0.452. The van der Waals surface area contributed by atoms with Crippen LogP contribution in [0.15, 0.2) is 89.0 Å². The lowest BCUT2D eigenvalue weighted by Gasteiger charge is -2.21. The summed E-state index contributed by atoms with van der Waals surface area (Å²) in [6.07, 6.45) is 6.42. The third-order valence-corrected chi connectivity index (χ3v) is 5.94. The standard InChI is InChI=1S/C28H25NO/c1-18(2)21-14-15-29(4)25(17-21)27-19(3)10-12-23-24-16-22(20-8-6-5-7-9-20)11-13-26(24)30-28(23)27/h5-18H,4H2,1-3H3. The van der Waals surface area contributed by atoms with E-state index in [1.807, 2.05) is 16.8 Å². The second-order valence-corrected chi connectivity index (χ2v) is 8.28. The number of nitrogens with zero attached hydrogens (tertiary/aromatic N) is 1. The summed E-state index contributed by atoms with van der Waals surface area (Å²) < 4.78 is 8.36. The van der Waals surface area contributed by atoms with E-state index in [-0.39, 0.29) is 0 Å². The van der Waals surface area contributed by atoms with Crippen LogP contribution in [-0.4, -0.2) is 11.3 Å². The zero-order chi connectivity index (χ0) is 20.8. The molecule has 0 bridgehead atoms. The molecule has 5 rings (SSSR count). The normalized spacial score (nSPS) is 14.2. The van der Waals surface area contributed by atoms with Gasteiger partial charge in [-0.3, -0.25) is 8.99 Å². The highest BCUT2D eigenvalue weighted by atomic mass is 16.3. The van der Waals surface area contributed by atoms with Crippen LogP contribution < -0.4 is 0 Å². The highest BCUT2D eigenvalue weighted by molar-refractivity contribution is 6.08. The Balaban J connectivity index is 1.73. The summed E-state index contributed by atoms with van der Waals surface area (Å²) in [6, 6.07) is 22.4. The third kappa shape index (κ3) is 2.96. The molecule has 0 aliphatic carbocycles. The van der Waals surface area contributed by atoms with Gasteiger partial charge >= 0.3 is 0 Å². The van der Waals surface area contributed by atoms with Gasteiger partial charge in [0, 0.05) is 0 Å². The van der Waals surface area contributed by atoms with Gasteiger partial charge in [0.25, 0.3) is 11.2 Å². The first-order chi connectivity index (χ1) is 14.5. The van der Waals surface area contributed by atoms with Crippen LogP contribution in [0.1, 0.15) is 25.0 Å². The minimum Gasteiger partial charge on any atom is -0.286 e. The van der Waals surface area contributed by atoms with Crippen LogP contribution in [0.4, 0.5) is 0 Å². The Bertz CT molecular complexity index is 1340. The van der Waals surface area contributed by atoms with Crippen LogP contribution in [0.2, 0.25) is 0 Å². The number of fused-ring (bicyclic) bond motifs is 3. The number of hydrogen-bond acceptors (Lipinski definition) is 0. The van der Waals surface area contributed by atoms with Crippen LogP contribution >= 0.6 is 0 Å². The molecule has 0 spiro atoms. The fraction of sp³-hybridized carbons (Fsp3) is 0.143. The average molecular weight is 392 g/mol. The summed E-state index contributed by atoms with van der Waals surface area (Å²) in [5, 5.41) is 2.28. The molecule has 2 nitrogen and oxygen atoms in total. The molecule has 0 radical (unpaired) electrons. The van der Waals surface area contributed by atoms with Crippen molar-refractivity contribution in [1.29, 1.82) is 0 Å². The number of aryl methyl sites for hydroxylation is 1. The fourth-order valence-corrected chi connectivity index (χ4v) is 4.19. The average Bonchev–Trinajstić information content (AvgIpc) is 3.12. The summed E-state index contributed by atoms with van der Waals surface area (Å²) in [4.78, 5) is 0. The maximum atomic E-state index is 6.42. The number of hydrogen-bond donors (Lipinski definition) is 0. The van der Waals surface area contributed by atoms with E-state index in [1.54, 1.807) is 0 Å². The van der Waals surface area contributed by atoms with Crippen molar-refractivity contribution in [3.63, 3.8) is 0 Å². The number of rotatable bonds is 3. The maximum Gasteiger partial charge on any atom is 0.278 e. The van der Waals surface area contributed by atoms with E-state index in [1.165, 1.54) is 22.3 Å². The molecule has 0 fully saturated rings. The van der Waals surface area contributed by atoms with Crippen LogP contribution in [0.25, 0.3) is 33.1 Å². The molecule has 0 N–H and O–H groups in total. The molecule has 4 aromatic rings. The Hall–Kier alpha value is -3.52. The first kappa shape index (κ1) is 18.5. The quantitative estimate of drug-likeness (QED) is 0.204. The molecule has 2 heterocycles. The molecule has 3 aromatic carbocycles. The van der Waals surface area contributed by atoms with Crippen LogP contribution in [0, 0.1) is 18.9 Å². The molecule has 30 heavy (non-hydrogen) atoms. The Labute approximate surface area is 177 Å². The fourth-order valence-electron chi connectivity index (χ4n) is 4.19. The summed E-state index contributed by atoms with van der Waals surface area (Å²) in [7, 11) is 0. The lowest BCUT2D eigenvalue weighted by atomic mass is 9.91. The highest BCUT2D eigenvalue weighted by Gasteiger charge is 2.27. The van der Waals surface area contributed by atoms with Gasteiger partial charge in [-0.15, -0.1) is 12.1 Å². The van der Waals surface area contributed by atoms with Gasteiger partial charge in [0.15, 0.2) is 6.04 Å². The van der Waals surface area contributed by atoms with E-state index < -0.39 is 0 Å². The first-order valence-corrected chi connectivity index (χ1v) is 10.4. The van der Waals surface area contributed by atoms with E-state index in [0.29, 0.717) is 5.92 Å². The Morgan fingerprint density at radius 1 is 1.00 bits per heavy atom. The van der Waals surface area contributed by atoms with Gasteiger partial charge in [0.05, 0.1) is 12.3 Å². The predicted molar refractivity (Wildman–Crippen MR) is 126 cm³/mol. The van der Waals surface area contributed by atoms with Crippen molar-refractivity contribution in [3.8, 4) is 11.1 Å². The summed E-state index contributed by atoms with van der Waals surface area (Å²) in [5.74, 6) is 0.452. The Kier molecular flexibility index (Phi) is 4.36. The molecule has 0 saturated carbocycles. The van der Waals surface area contributed by atoms with Crippen molar-refractivity contribution in [1.82, 2.24) is 0 Å². The number of benzene rings is 3. The van der Waals surface area contributed by atoms with Gasteiger partial charge in [-0.05, 0) is 34.4 Å². The van der Waals surface area contributed by atoms with Gasteiger partial charge in [0.2, 0.25) is 0 Å². The summed E-state index contributed by atoms with van der Waals surface area (Å²) in [6.45, 7) is 10.8. The largest absolute Gasteiger partial charge is 0.286 e. The van der Waals surface area contributed by atoms with E-state index in [9.17, 15) is 0 Å². The molecule has 1 aromatic heterocycles. The lowest BCUT2D eigenvalue weighted by molar-refractivity contribution is -0.418. The molecule has 0 atom stereocenters. The van der Waals surface area contributed by atoms with Gasteiger partial charge in [-0.2, -0.15) is 0 Å². The van der Waals surface area contributed by atoms with E-state index in [4.69, 9.17) is 4.42 Å². The smallest absolute Gasteiger partial charge is 0.278 e. The second-order valence-electron chi connectivity index (χ2n) is 8.28. The van der Waals surface area contributed by atoms with Gasteiger partial charge in [0.1, 0.15) is 6.20 Å². The van der Waals surface area contributed by atoms with Crippen molar-refractivity contribution in [2.75, 3.05) is 0 Å². The van der Waals surface area contributed by atoms with Gasteiger partial charge < -0.3 is 0 Å². The van der Waals surface area contributed by atoms with Crippen molar-refractivity contribution in [3.05, 3.63) is 102 Å². The van der Waals surface area contributed by atoms with Crippen LogP contribution in [0.5, 0.6) is 0 Å². The van der Waals surface area contributed by atoms with Gasteiger partial charge in [-0.1, -0.05) is 86.0 Å². The predicted octanol–water partition coefficient (Wildman–Crippen LogP) is 7.26. The highest BCUT2D eigenvalue weighted by Crippen LogP contribution is 2.39. The molecule has 1 aliphatic rings. The Morgan fingerprint density at radius 3 is 2.57 bits per heavy atom. The van der Waals surface area contributed by atoms with Crippen LogP contribution in [-0.2, 0) is 0 Å². The molecule has 0 amide bonds. The monoisotopic (exact) mass is 391 g/mol.